The third-order valence-corrected chi connectivity index (χ3v) is 4.45. The lowest BCUT2D eigenvalue weighted by atomic mass is 10.1. The van der Waals surface area contributed by atoms with Crippen LogP contribution in [0.25, 0.3) is 0 Å². The van der Waals surface area contributed by atoms with E-state index in [9.17, 15) is 0 Å². The van der Waals surface area contributed by atoms with E-state index in [1.807, 2.05) is 29.2 Å². The number of hydrogen-bond acceptors (Lipinski definition) is 7. The van der Waals surface area contributed by atoms with E-state index < -0.39 is 0 Å². The summed E-state index contributed by atoms with van der Waals surface area (Å²) in [4.78, 5) is 4.07. The molecule has 2 heterocycles. The highest BCUT2D eigenvalue weighted by Gasteiger charge is 2.23. The highest BCUT2D eigenvalue weighted by atomic mass is 16.5. The lowest BCUT2D eigenvalue weighted by molar-refractivity contribution is 0.303. The molecule has 1 aliphatic carbocycles. The quantitative estimate of drug-likeness (QED) is 0.371. The van der Waals surface area contributed by atoms with Crippen LogP contribution < -0.4 is 27.5 Å². The Labute approximate surface area is 157 Å². The predicted molar refractivity (Wildman–Crippen MR) is 105 cm³/mol. The Morgan fingerprint density at radius 3 is 2.81 bits per heavy atom. The van der Waals surface area contributed by atoms with Crippen LogP contribution in [0.2, 0.25) is 0 Å². The van der Waals surface area contributed by atoms with Gasteiger partial charge in [0.1, 0.15) is 11.6 Å². The number of nitrogens with one attached hydrogen (secondary N) is 1. The highest BCUT2D eigenvalue weighted by molar-refractivity contribution is 5.68. The summed E-state index contributed by atoms with van der Waals surface area (Å²) in [6, 6.07) is 9.91. The fraction of sp³-hybridized carbons (Fsp3) is 0.263. The van der Waals surface area contributed by atoms with Crippen molar-refractivity contribution in [2.45, 2.75) is 31.9 Å². The van der Waals surface area contributed by atoms with Crippen molar-refractivity contribution in [1.82, 2.24) is 14.8 Å². The van der Waals surface area contributed by atoms with E-state index in [1.165, 1.54) is 0 Å². The number of rotatable bonds is 7. The van der Waals surface area contributed by atoms with Crippen molar-refractivity contribution in [2.24, 2.45) is 5.84 Å². The summed E-state index contributed by atoms with van der Waals surface area (Å²) in [7, 11) is 0. The topological polar surface area (TPSA) is 130 Å². The number of nitrogens with two attached hydrogens (primary N) is 3. The first kappa shape index (κ1) is 17.2. The second-order valence-electron chi connectivity index (χ2n) is 6.80. The molecule has 0 unspecified atom stereocenters. The first-order valence-corrected chi connectivity index (χ1v) is 8.89. The minimum absolute atomic E-state index is 0.368. The Hall–Kier alpha value is -3.26. The van der Waals surface area contributed by atoms with Gasteiger partial charge >= 0.3 is 0 Å². The predicted octanol–water partition coefficient (Wildman–Crippen LogP) is 1.91. The molecule has 1 fully saturated rings. The smallest absolute Gasteiger partial charge is 0.165 e. The van der Waals surface area contributed by atoms with Crippen molar-refractivity contribution in [3.05, 3.63) is 59.4 Å². The molecule has 4 rings (SSSR count). The van der Waals surface area contributed by atoms with E-state index in [0.717, 1.165) is 35.3 Å². The molecule has 0 aliphatic heterocycles. The van der Waals surface area contributed by atoms with E-state index in [1.54, 1.807) is 6.07 Å². The van der Waals surface area contributed by atoms with Gasteiger partial charge in [0.05, 0.1) is 24.5 Å². The van der Waals surface area contributed by atoms with Crippen LogP contribution in [-0.4, -0.2) is 20.9 Å². The third kappa shape index (κ3) is 4.12. The van der Waals surface area contributed by atoms with E-state index in [0.29, 0.717) is 36.4 Å². The maximum absolute atomic E-state index is 6.10. The molecule has 1 aromatic carbocycles. The van der Waals surface area contributed by atoms with Crippen LogP contribution in [-0.2, 0) is 13.0 Å². The zero-order valence-corrected chi connectivity index (χ0v) is 14.9. The van der Waals surface area contributed by atoms with Crippen molar-refractivity contribution in [3.8, 4) is 5.75 Å². The molecule has 3 aromatic rings. The maximum atomic E-state index is 6.10. The molecule has 0 spiro atoms. The van der Waals surface area contributed by atoms with Crippen molar-refractivity contribution in [3.63, 3.8) is 0 Å². The van der Waals surface area contributed by atoms with Crippen LogP contribution in [0.4, 0.5) is 17.3 Å². The van der Waals surface area contributed by atoms with Crippen LogP contribution in [0.1, 0.15) is 29.5 Å². The van der Waals surface area contributed by atoms with Gasteiger partial charge in [-0.05, 0) is 47.7 Å². The maximum Gasteiger partial charge on any atom is 0.165 e. The second-order valence-corrected chi connectivity index (χ2v) is 6.80. The molecule has 7 N–H and O–H groups in total. The Bertz CT molecular complexity index is 949. The fourth-order valence-electron chi connectivity index (χ4n) is 2.97. The molecule has 0 amide bonds. The summed E-state index contributed by atoms with van der Waals surface area (Å²) in [6.45, 7) is 0.672. The lowest BCUT2D eigenvalue weighted by Gasteiger charge is -2.10. The minimum atomic E-state index is 0.368. The number of benzene rings is 1. The third-order valence-electron chi connectivity index (χ3n) is 4.45. The standard InChI is InChI=1S/C19H23N7O/c20-17-8-14(18(21)19(24-17)25-22)6-13-9-23-26(11-13)10-12-2-1-3-16(7-12)27-15-4-5-15/h1-3,7-9,11,15H,4-6,10,21-22H2,(H3,20,24,25). The molecule has 0 radical (unpaired) electrons. The lowest BCUT2D eigenvalue weighted by Crippen LogP contribution is -2.13. The van der Waals surface area contributed by atoms with Crippen LogP contribution in [0.5, 0.6) is 5.75 Å². The molecule has 8 heteroatoms. The molecule has 1 saturated carbocycles. The van der Waals surface area contributed by atoms with Gasteiger partial charge in [0.2, 0.25) is 0 Å². The van der Waals surface area contributed by atoms with Gasteiger partial charge in [0.25, 0.3) is 0 Å². The van der Waals surface area contributed by atoms with Gasteiger partial charge in [-0.15, -0.1) is 0 Å². The van der Waals surface area contributed by atoms with Crippen LogP contribution in [0, 0.1) is 0 Å². The monoisotopic (exact) mass is 365 g/mol. The molecule has 2 aromatic heterocycles. The number of pyridine rings is 1. The Morgan fingerprint density at radius 1 is 1.19 bits per heavy atom. The SMILES string of the molecule is NNc1nc(N)cc(Cc2cnn(Cc3cccc(OC4CC4)c3)c2)c1N. The van der Waals surface area contributed by atoms with Crippen LogP contribution in [0.15, 0.2) is 42.7 Å². The number of anilines is 3. The summed E-state index contributed by atoms with van der Waals surface area (Å²) in [6.07, 6.45) is 7.12. The zero-order valence-electron chi connectivity index (χ0n) is 14.9. The van der Waals surface area contributed by atoms with Crippen LogP contribution >= 0.6 is 0 Å². The second kappa shape index (κ2) is 7.16. The summed E-state index contributed by atoms with van der Waals surface area (Å²) >= 11 is 0. The van der Waals surface area contributed by atoms with E-state index >= 15 is 0 Å². The number of hydrogen-bond donors (Lipinski definition) is 4. The van der Waals surface area contributed by atoms with Crippen molar-refractivity contribution < 1.29 is 4.74 Å². The molecular formula is C19H23N7O. The molecular weight excluding hydrogens is 342 g/mol. The van der Waals surface area contributed by atoms with E-state index in [2.05, 4.69) is 27.6 Å². The van der Waals surface area contributed by atoms with Gasteiger partial charge in [-0.3, -0.25) is 4.68 Å². The number of aromatic nitrogens is 3. The van der Waals surface area contributed by atoms with Crippen molar-refractivity contribution >= 4 is 17.3 Å². The van der Waals surface area contributed by atoms with Gasteiger partial charge in [-0.25, -0.2) is 10.8 Å². The van der Waals surface area contributed by atoms with Gasteiger partial charge in [-0.1, -0.05) is 12.1 Å². The number of ether oxygens (including phenoxy) is 1. The van der Waals surface area contributed by atoms with Crippen molar-refractivity contribution in [1.29, 1.82) is 0 Å². The Balaban J connectivity index is 1.47. The average Bonchev–Trinajstić information content (AvgIpc) is 3.36. The summed E-state index contributed by atoms with van der Waals surface area (Å²) in [5.74, 6) is 7.11. The minimum Gasteiger partial charge on any atom is -0.490 e. The molecule has 140 valence electrons. The normalized spacial score (nSPS) is 13.5. The van der Waals surface area contributed by atoms with E-state index in [4.69, 9.17) is 22.0 Å². The highest BCUT2D eigenvalue weighted by Crippen LogP contribution is 2.27. The van der Waals surface area contributed by atoms with Crippen molar-refractivity contribution in [2.75, 3.05) is 16.9 Å². The largest absolute Gasteiger partial charge is 0.490 e. The number of hydrazine groups is 1. The van der Waals surface area contributed by atoms with E-state index in [-0.39, 0.29) is 0 Å². The fourth-order valence-corrected chi connectivity index (χ4v) is 2.97. The summed E-state index contributed by atoms with van der Waals surface area (Å²) in [5.41, 5.74) is 17.9. The molecule has 27 heavy (non-hydrogen) atoms. The van der Waals surface area contributed by atoms with Gasteiger partial charge < -0.3 is 21.6 Å². The van der Waals surface area contributed by atoms with Gasteiger partial charge in [-0.2, -0.15) is 5.10 Å². The first-order valence-electron chi connectivity index (χ1n) is 8.89. The summed E-state index contributed by atoms with van der Waals surface area (Å²) in [5, 5.41) is 4.45. The molecule has 1 aliphatic rings. The summed E-state index contributed by atoms with van der Waals surface area (Å²) < 4.78 is 7.75. The zero-order chi connectivity index (χ0) is 18.8. The first-order chi connectivity index (χ1) is 13.1. The Morgan fingerprint density at radius 2 is 2.04 bits per heavy atom. The van der Waals surface area contributed by atoms with Gasteiger partial charge in [0, 0.05) is 12.6 Å². The van der Waals surface area contributed by atoms with Crippen LogP contribution in [0.3, 0.4) is 0 Å². The number of nitrogen functional groups attached to an aromatic ring is 3. The average molecular weight is 365 g/mol. The van der Waals surface area contributed by atoms with Gasteiger partial charge in [0.15, 0.2) is 5.82 Å². The molecule has 0 bridgehead atoms. The number of nitrogens with zero attached hydrogens (tertiary/aromatic N) is 3. The Kier molecular flexibility index (Phi) is 4.55. The molecule has 8 nitrogen and oxygen atoms in total. The molecule has 0 atom stereocenters. The molecule has 0 saturated heterocycles.